The predicted octanol–water partition coefficient (Wildman–Crippen LogP) is 2.08. The van der Waals surface area contributed by atoms with Crippen molar-refractivity contribution in [1.82, 2.24) is 4.98 Å². The van der Waals surface area contributed by atoms with E-state index in [1.165, 1.54) is 0 Å². The smallest absolute Gasteiger partial charge is 0.101 e. The van der Waals surface area contributed by atoms with Gasteiger partial charge in [0.15, 0.2) is 0 Å². The molecule has 3 heteroatoms. The number of nitriles is 1. The quantitative estimate of drug-likeness (QED) is 0.690. The monoisotopic (exact) mass is 171 g/mol. The average Bonchev–Trinajstić information content (AvgIpc) is 2.60. The molecular weight excluding hydrogens is 162 g/mol. The molecule has 2 N–H and O–H groups in total. The minimum absolute atomic E-state index is 0.681. The summed E-state index contributed by atoms with van der Waals surface area (Å²) in [6.07, 6.45) is 1.73. The summed E-state index contributed by atoms with van der Waals surface area (Å²) < 4.78 is 0. The summed E-state index contributed by atoms with van der Waals surface area (Å²) in [5, 5.41) is 12.9. The van der Waals surface area contributed by atoms with Crippen LogP contribution in [0.1, 0.15) is 5.56 Å². The van der Waals surface area contributed by atoms with Gasteiger partial charge in [-0.05, 0) is 12.1 Å². The van der Waals surface area contributed by atoms with E-state index >= 15 is 0 Å². The molecule has 0 saturated carbocycles. The van der Waals surface area contributed by atoms with E-state index in [-0.39, 0.29) is 0 Å². The van der Waals surface area contributed by atoms with Gasteiger partial charge < -0.3 is 10.3 Å². The zero-order valence-corrected chi connectivity index (χ0v) is 7.26. The molecule has 0 aliphatic carbocycles. The van der Waals surface area contributed by atoms with Crippen LogP contribution in [0.3, 0.4) is 0 Å². The molecule has 0 unspecified atom stereocenters. The SMILES string of the molecule is CNc1cccc2[nH]cc(C#N)c12. The van der Waals surface area contributed by atoms with E-state index in [4.69, 9.17) is 5.26 Å². The number of hydrogen-bond donors (Lipinski definition) is 2. The molecule has 1 aromatic heterocycles. The number of rotatable bonds is 1. The van der Waals surface area contributed by atoms with Crippen molar-refractivity contribution >= 4 is 16.6 Å². The van der Waals surface area contributed by atoms with Crippen molar-refractivity contribution in [2.45, 2.75) is 0 Å². The lowest BCUT2D eigenvalue weighted by Gasteiger charge is -2.01. The third-order valence-electron chi connectivity index (χ3n) is 2.10. The second-order valence-electron chi connectivity index (χ2n) is 2.79. The van der Waals surface area contributed by atoms with E-state index < -0.39 is 0 Å². The van der Waals surface area contributed by atoms with E-state index in [1.807, 2.05) is 25.2 Å². The Balaban J connectivity index is 2.85. The summed E-state index contributed by atoms with van der Waals surface area (Å²) in [7, 11) is 1.85. The first kappa shape index (κ1) is 7.69. The molecule has 0 fully saturated rings. The molecule has 13 heavy (non-hydrogen) atoms. The molecule has 0 radical (unpaired) electrons. The molecule has 0 atom stereocenters. The summed E-state index contributed by atoms with van der Waals surface area (Å²) >= 11 is 0. The second-order valence-corrected chi connectivity index (χ2v) is 2.79. The highest BCUT2D eigenvalue weighted by Gasteiger charge is 2.05. The van der Waals surface area contributed by atoms with E-state index in [9.17, 15) is 0 Å². The van der Waals surface area contributed by atoms with Gasteiger partial charge in [0.1, 0.15) is 6.07 Å². The summed E-state index contributed by atoms with van der Waals surface area (Å²) in [6, 6.07) is 8.01. The van der Waals surface area contributed by atoms with E-state index in [0.717, 1.165) is 16.6 Å². The zero-order chi connectivity index (χ0) is 9.26. The Labute approximate surface area is 76.0 Å². The number of hydrogen-bond acceptors (Lipinski definition) is 2. The Kier molecular flexibility index (Phi) is 1.67. The molecule has 0 aliphatic heterocycles. The van der Waals surface area contributed by atoms with Crippen molar-refractivity contribution in [1.29, 1.82) is 5.26 Å². The first-order valence-corrected chi connectivity index (χ1v) is 4.04. The van der Waals surface area contributed by atoms with Gasteiger partial charge in [0, 0.05) is 29.8 Å². The number of aromatic amines is 1. The number of aromatic nitrogens is 1. The number of benzene rings is 1. The van der Waals surface area contributed by atoms with Crippen LogP contribution in [0.4, 0.5) is 5.69 Å². The van der Waals surface area contributed by atoms with Crippen molar-refractivity contribution < 1.29 is 0 Å². The van der Waals surface area contributed by atoms with Crippen LogP contribution in [0, 0.1) is 11.3 Å². The molecule has 2 aromatic rings. The molecule has 2 rings (SSSR count). The highest BCUT2D eigenvalue weighted by Crippen LogP contribution is 2.25. The van der Waals surface area contributed by atoms with Crippen LogP contribution in [0.25, 0.3) is 10.9 Å². The Hall–Kier alpha value is -1.95. The van der Waals surface area contributed by atoms with Gasteiger partial charge in [-0.25, -0.2) is 0 Å². The van der Waals surface area contributed by atoms with Crippen molar-refractivity contribution in [3.05, 3.63) is 30.0 Å². The molecule has 0 bridgehead atoms. The number of nitrogens with one attached hydrogen (secondary N) is 2. The number of fused-ring (bicyclic) bond motifs is 1. The maximum atomic E-state index is 8.85. The van der Waals surface area contributed by atoms with Gasteiger partial charge in [0.05, 0.1) is 5.56 Å². The fraction of sp³-hybridized carbons (Fsp3) is 0.100. The van der Waals surface area contributed by atoms with Gasteiger partial charge in [0.2, 0.25) is 0 Å². The zero-order valence-electron chi connectivity index (χ0n) is 7.26. The highest BCUT2D eigenvalue weighted by atomic mass is 14.8. The second kappa shape index (κ2) is 2.83. The average molecular weight is 171 g/mol. The third kappa shape index (κ3) is 1.04. The fourth-order valence-electron chi connectivity index (χ4n) is 1.48. The maximum absolute atomic E-state index is 8.85. The molecule has 64 valence electrons. The minimum atomic E-state index is 0.681. The summed E-state index contributed by atoms with van der Waals surface area (Å²) in [6.45, 7) is 0. The van der Waals surface area contributed by atoms with Crippen molar-refractivity contribution in [3.63, 3.8) is 0 Å². The van der Waals surface area contributed by atoms with Gasteiger partial charge in [-0.2, -0.15) is 5.26 Å². The van der Waals surface area contributed by atoms with Gasteiger partial charge in [0.25, 0.3) is 0 Å². The van der Waals surface area contributed by atoms with E-state index in [2.05, 4.69) is 16.4 Å². The van der Waals surface area contributed by atoms with Gasteiger partial charge in [-0.1, -0.05) is 6.07 Å². The molecule has 0 spiro atoms. The number of nitrogens with zero attached hydrogens (tertiary/aromatic N) is 1. The Morgan fingerprint density at radius 1 is 1.46 bits per heavy atom. The lowest BCUT2D eigenvalue weighted by molar-refractivity contribution is 1.45. The van der Waals surface area contributed by atoms with Crippen LogP contribution in [0.5, 0.6) is 0 Å². The molecule has 0 amide bonds. The first-order chi connectivity index (χ1) is 6.36. The van der Waals surface area contributed by atoms with Gasteiger partial charge >= 0.3 is 0 Å². The molecular formula is C10H9N3. The normalized spacial score (nSPS) is 9.85. The molecule has 1 aromatic carbocycles. The number of anilines is 1. The minimum Gasteiger partial charge on any atom is -0.388 e. The third-order valence-corrected chi connectivity index (χ3v) is 2.10. The van der Waals surface area contributed by atoms with Gasteiger partial charge in [-0.15, -0.1) is 0 Å². The van der Waals surface area contributed by atoms with Crippen LogP contribution in [-0.4, -0.2) is 12.0 Å². The van der Waals surface area contributed by atoms with Crippen LogP contribution in [-0.2, 0) is 0 Å². The van der Waals surface area contributed by atoms with E-state index in [1.54, 1.807) is 6.20 Å². The highest BCUT2D eigenvalue weighted by molar-refractivity contribution is 5.96. The van der Waals surface area contributed by atoms with Crippen LogP contribution in [0.2, 0.25) is 0 Å². The molecule has 3 nitrogen and oxygen atoms in total. The van der Waals surface area contributed by atoms with Crippen molar-refractivity contribution in [3.8, 4) is 6.07 Å². The lowest BCUT2D eigenvalue weighted by atomic mass is 10.1. The summed E-state index contributed by atoms with van der Waals surface area (Å²) in [4.78, 5) is 3.05. The standard InChI is InChI=1S/C10H9N3/c1-12-8-3-2-4-9-10(8)7(5-11)6-13-9/h2-4,6,12-13H,1H3. The molecule has 1 heterocycles. The predicted molar refractivity (Wildman–Crippen MR) is 52.6 cm³/mol. The largest absolute Gasteiger partial charge is 0.388 e. The topological polar surface area (TPSA) is 51.6 Å². The van der Waals surface area contributed by atoms with Crippen LogP contribution in [0.15, 0.2) is 24.4 Å². The van der Waals surface area contributed by atoms with Crippen LogP contribution < -0.4 is 5.32 Å². The van der Waals surface area contributed by atoms with Crippen molar-refractivity contribution in [2.24, 2.45) is 0 Å². The number of H-pyrrole nitrogens is 1. The lowest BCUT2D eigenvalue weighted by Crippen LogP contribution is -1.88. The Morgan fingerprint density at radius 2 is 2.31 bits per heavy atom. The maximum Gasteiger partial charge on any atom is 0.101 e. The summed E-state index contributed by atoms with van der Waals surface area (Å²) in [5.41, 5.74) is 2.65. The Bertz CT molecular complexity index is 476. The molecule has 0 saturated heterocycles. The molecule has 0 aliphatic rings. The van der Waals surface area contributed by atoms with Crippen LogP contribution >= 0.6 is 0 Å². The van der Waals surface area contributed by atoms with Gasteiger partial charge in [-0.3, -0.25) is 0 Å². The Morgan fingerprint density at radius 3 is 3.00 bits per heavy atom. The fourth-order valence-corrected chi connectivity index (χ4v) is 1.48. The van der Waals surface area contributed by atoms with E-state index in [0.29, 0.717) is 5.56 Å². The first-order valence-electron chi connectivity index (χ1n) is 4.04. The summed E-state index contributed by atoms with van der Waals surface area (Å²) in [5.74, 6) is 0. The van der Waals surface area contributed by atoms with Crippen molar-refractivity contribution in [2.75, 3.05) is 12.4 Å².